The third-order valence-electron chi connectivity index (χ3n) is 3.96. The molecule has 0 aliphatic rings. The number of aliphatic hydroxyl groups is 1. The summed E-state index contributed by atoms with van der Waals surface area (Å²) in [4.78, 5) is 10.8. The molecule has 0 amide bonds. The van der Waals surface area contributed by atoms with Crippen LogP contribution in [-0.2, 0) is 0 Å². The van der Waals surface area contributed by atoms with Crippen LogP contribution < -0.4 is 10.1 Å². The highest BCUT2D eigenvalue weighted by Gasteiger charge is 2.24. The molecule has 3 N–H and O–H groups in total. The van der Waals surface area contributed by atoms with Crippen molar-refractivity contribution in [3.8, 4) is 5.75 Å². The van der Waals surface area contributed by atoms with Crippen LogP contribution in [0.2, 0.25) is 0 Å². The van der Waals surface area contributed by atoms with E-state index in [4.69, 9.17) is 9.84 Å². The zero-order valence-electron chi connectivity index (χ0n) is 12.8. The molecule has 0 saturated carbocycles. The number of ether oxygens (including phenoxy) is 1. The zero-order valence-corrected chi connectivity index (χ0v) is 12.8. The van der Waals surface area contributed by atoms with Gasteiger partial charge in [-0.1, -0.05) is 19.9 Å². The third-order valence-corrected chi connectivity index (χ3v) is 3.96. The van der Waals surface area contributed by atoms with Crippen LogP contribution in [0.5, 0.6) is 5.75 Å². The first-order chi connectivity index (χ1) is 10.1. The van der Waals surface area contributed by atoms with E-state index in [0.717, 1.165) is 19.4 Å². The molecular formula is C16H25NO4. The van der Waals surface area contributed by atoms with E-state index in [-0.39, 0.29) is 17.6 Å². The minimum atomic E-state index is -0.961. The van der Waals surface area contributed by atoms with Crippen LogP contribution in [0, 0.1) is 5.41 Å². The lowest BCUT2D eigenvalue weighted by atomic mass is 9.83. The van der Waals surface area contributed by atoms with Crippen LogP contribution in [0.1, 0.15) is 37.0 Å². The summed E-state index contributed by atoms with van der Waals surface area (Å²) in [6.07, 6.45) is 1.85. The lowest BCUT2D eigenvalue weighted by molar-refractivity contribution is 0.0696. The molecule has 0 unspecified atom stereocenters. The number of hydrogen-bond donors (Lipinski definition) is 3. The van der Waals surface area contributed by atoms with Gasteiger partial charge in [0.25, 0.3) is 0 Å². The molecule has 0 aromatic heterocycles. The molecule has 5 nitrogen and oxygen atoms in total. The Morgan fingerprint density at radius 2 is 2.05 bits per heavy atom. The van der Waals surface area contributed by atoms with E-state index in [9.17, 15) is 9.90 Å². The molecule has 0 atom stereocenters. The van der Waals surface area contributed by atoms with Gasteiger partial charge in [0.15, 0.2) is 0 Å². The summed E-state index contributed by atoms with van der Waals surface area (Å²) < 4.78 is 5.52. The standard InChI is InChI=1S/C16H25NO4/c1-3-16(4-2,12-18)11-17-8-9-21-14-7-5-6-13(10-14)15(19)20/h5-7,10,17-18H,3-4,8-9,11-12H2,1-2H3,(H,19,20). The molecule has 1 aromatic rings. The fraction of sp³-hybridized carbons (Fsp3) is 0.562. The van der Waals surface area contributed by atoms with E-state index in [0.29, 0.717) is 18.9 Å². The third kappa shape index (κ3) is 5.36. The highest BCUT2D eigenvalue weighted by atomic mass is 16.5. The molecule has 0 fully saturated rings. The van der Waals surface area contributed by atoms with Gasteiger partial charge in [-0.3, -0.25) is 0 Å². The quantitative estimate of drug-likeness (QED) is 0.576. The van der Waals surface area contributed by atoms with Crippen molar-refractivity contribution in [1.82, 2.24) is 5.32 Å². The minimum absolute atomic E-state index is 0.0662. The van der Waals surface area contributed by atoms with Gasteiger partial charge in [0, 0.05) is 25.1 Å². The molecule has 0 bridgehead atoms. The van der Waals surface area contributed by atoms with Crippen molar-refractivity contribution < 1.29 is 19.7 Å². The summed E-state index contributed by atoms with van der Waals surface area (Å²) in [5, 5.41) is 21.7. The Morgan fingerprint density at radius 3 is 2.62 bits per heavy atom. The lowest BCUT2D eigenvalue weighted by Gasteiger charge is -2.29. The maximum absolute atomic E-state index is 10.8. The van der Waals surface area contributed by atoms with Gasteiger partial charge in [0.2, 0.25) is 0 Å². The predicted octanol–water partition coefficient (Wildman–Crippen LogP) is 2.15. The van der Waals surface area contributed by atoms with Gasteiger partial charge in [0.05, 0.1) is 5.56 Å². The Bertz CT molecular complexity index is 435. The number of carboxylic acids is 1. The zero-order chi connectivity index (χ0) is 15.7. The van der Waals surface area contributed by atoms with Crippen molar-refractivity contribution >= 4 is 5.97 Å². The Morgan fingerprint density at radius 1 is 1.33 bits per heavy atom. The number of hydrogen-bond acceptors (Lipinski definition) is 4. The van der Waals surface area contributed by atoms with E-state index < -0.39 is 5.97 Å². The van der Waals surface area contributed by atoms with Gasteiger partial charge in [0.1, 0.15) is 12.4 Å². The van der Waals surface area contributed by atoms with Gasteiger partial charge >= 0.3 is 5.97 Å². The molecule has 21 heavy (non-hydrogen) atoms. The van der Waals surface area contributed by atoms with Gasteiger partial charge < -0.3 is 20.3 Å². The van der Waals surface area contributed by atoms with E-state index in [1.165, 1.54) is 12.1 Å². The highest BCUT2D eigenvalue weighted by molar-refractivity contribution is 5.87. The molecule has 0 aliphatic heterocycles. The van der Waals surface area contributed by atoms with Crippen LogP contribution >= 0.6 is 0 Å². The van der Waals surface area contributed by atoms with Gasteiger partial charge in [-0.25, -0.2) is 4.79 Å². The van der Waals surface area contributed by atoms with Crippen molar-refractivity contribution in [2.75, 3.05) is 26.3 Å². The van der Waals surface area contributed by atoms with Gasteiger partial charge in [-0.15, -0.1) is 0 Å². The second kappa shape index (κ2) is 8.64. The summed E-state index contributed by atoms with van der Waals surface area (Å²) in [5.74, 6) is -0.409. The maximum Gasteiger partial charge on any atom is 0.335 e. The molecular weight excluding hydrogens is 270 g/mol. The largest absolute Gasteiger partial charge is 0.492 e. The van der Waals surface area contributed by atoms with E-state index in [1.807, 2.05) is 0 Å². The SMILES string of the molecule is CCC(CC)(CO)CNCCOc1cccc(C(=O)O)c1. The predicted molar refractivity (Wildman–Crippen MR) is 81.9 cm³/mol. The second-order valence-electron chi connectivity index (χ2n) is 5.22. The molecule has 118 valence electrons. The fourth-order valence-corrected chi connectivity index (χ4v) is 2.09. The molecule has 1 aromatic carbocycles. The molecule has 0 saturated heterocycles. The van der Waals surface area contributed by atoms with Crippen molar-refractivity contribution in [2.24, 2.45) is 5.41 Å². The summed E-state index contributed by atoms with van der Waals surface area (Å²) in [5.41, 5.74) is 0.153. The number of carboxylic acid groups (broad SMARTS) is 1. The smallest absolute Gasteiger partial charge is 0.335 e. The van der Waals surface area contributed by atoms with Crippen LogP contribution in [0.3, 0.4) is 0 Å². The average molecular weight is 295 g/mol. The Labute approximate surface area is 125 Å². The van der Waals surface area contributed by atoms with Crippen molar-refractivity contribution in [3.05, 3.63) is 29.8 Å². The first-order valence-electron chi connectivity index (χ1n) is 7.34. The minimum Gasteiger partial charge on any atom is -0.492 e. The second-order valence-corrected chi connectivity index (χ2v) is 5.22. The van der Waals surface area contributed by atoms with Crippen LogP contribution in [0.15, 0.2) is 24.3 Å². The molecule has 0 radical (unpaired) electrons. The maximum atomic E-state index is 10.8. The van der Waals surface area contributed by atoms with Gasteiger partial charge in [-0.05, 0) is 31.0 Å². The summed E-state index contributed by atoms with van der Waals surface area (Å²) in [6.45, 7) is 6.19. The number of nitrogens with one attached hydrogen (secondary N) is 1. The van der Waals surface area contributed by atoms with E-state index in [1.54, 1.807) is 12.1 Å². The number of aliphatic hydroxyl groups excluding tert-OH is 1. The topological polar surface area (TPSA) is 78.8 Å². The van der Waals surface area contributed by atoms with Crippen LogP contribution in [0.25, 0.3) is 0 Å². The summed E-state index contributed by atoms with van der Waals surface area (Å²) >= 11 is 0. The highest BCUT2D eigenvalue weighted by Crippen LogP contribution is 2.24. The molecule has 1 rings (SSSR count). The first kappa shape index (κ1) is 17.5. The summed E-state index contributed by atoms with van der Waals surface area (Å²) in [6, 6.07) is 6.45. The van der Waals surface area contributed by atoms with E-state index >= 15 is 0 Å². The monoisotopic (exact) mass is 295 g/mol. The first-order valence-corrected chi connectivity index (χ1v) is 7.34. The molecule has 0 spiro atoms. The van der Waals surface area contributed by atoms with Crippen LogP contribution in [-0.4, -0.2) is 42.5 Å². The molecule has 0 aliphatic carbocycles. The average Bonchev–Trinajstić information content (AvgIpc) is 2.52. The number of benzene rings is 1. The Hall–Kier alpha value is -1.59. The fourth-order valence-electron chi connectivity index (χ4n) is 2.09. The van der Waals surface area contributed by atoms with Crippen LogP contribution in [0.4, 0.5) is 0 Å². The molecule has 5 heteroatoms. The Balaban J connectivity index is 2.34. The molecule has 0 heterocycles. The van der Waals surface area contributed by atoms with Crippen molar-refractivity contribution in [1.29, 1.82) is 0 Å². The number of rotatable bonds is 10. The Kier molecular flexibility index (Phi) is 7.19. The number of aromatic carboxylic acids is 1. The van der Waals surface area contributed by atoms with E-state index in [2.05, 4.69) is 19.2 Å². The summed E-state index contributed by atoms with van der Waals surface area (Å²) in [7, 11) is 0. The van der Waals surface area contributed by atoms with Gasteiger partial charge in [-0.2, -0.15) is 0 Å². The number of carbonyl (C=O) groups is 1. The normalized spacial score (nSPS) is 11.4. The lowest BCUT2D eigenvalue weighted by Crippen LogP contribution is -2.38. The van der Waals surface area contributed by atoms with Crippen molar-refractivity contribution in [2.45, 2.75) is 26.7 Å². The van der Waals surface area contributed by atoms with Crippen molar-refractivity contribution in [3.63, 3.8) is 0 Å².